The molecule has 5 aromatic rings. The van der Waals surface area contributed by atoms with Gasteiger partial charge in [0.05, 0.1) is 0 Å². The number of anilines is 3. The number of fused-ring (bicyclic) bond motifs is 4. The predicted octanol–water partition coefficient (Wildman–Crippen LogP) is 15.4. The highest BCUT2D eigenvalue weighted by Crippen LogP contribution is 2.70. The minimum atomic E-state index is 0.196. The molecule has 0 N–H and O–H groups in total. The maximum atomic E-state index is 2.61. The summed E-state index contributed by atoms with van der Waals surface area (Å²) in [6.45, 7) is 9.75. The first-order valence-electron chi connectivity index (χ1n) is 24.0. The van der Waals surface area contributed by atoms with Crippen LogP contribution in [0.15, 0.2) is 109 Å². The lowest BCUT2D eigenvalue weighted by molar-refractivity contribution is -0.0399. The average Bonchev–Trinajstić information content (AvgIpc) is 3.51. The highest BCUT2D eigenvalue weighted by Gasteiger charge is 2.61. The van der Waals surface area contributed by atoms with Crippen LogP contribution in [0.5, 0.6) is 0 Å². The van der Waals surface area contributed by atoms with Crippen molar-refractivity contribution in [1.82, 2.24) is 0 Å². The Labute approximate surface area is 354 Å². The Kier molecular flexibility index (Phi) is 7.41. The van der Waals surface area contributed by atoms with Gasteiger partial charge in [-0.25, -0.2) is 0 Å². The van der Waals surface area contributed by atoms with Crippen LogP contribution in [0.1, 0.15) is 139 Å². The molecule has 10 aliphatic carbocycles. The molecule has 1 spiro atoms. The van der Waals surface area contributed by atoms with Crippen molar-refractivity contribution in [2.75, 3.05) is 4.90 Å². The fourth-order valence-corrected chi connectivity index (χ4v) is 16.7. The Hall–Kier alpha value is -4.10. The molecule has 8 saturated carbocycles. The second-order valence-corrected chi connectivity index (χ2v) is 23.1. The van der Waals surface area contributed by atoms with Gasteiger partial charge in [0, 0.05) is 22.5 Å². The van der Waals surface area contributed by atoms with Gasteiger partial charge in [0.1, 0.15) is 0 Å². The van der Waals surface area contributed by atoms with Crippen LogP contribution in [0, 0.1) is 41.4 Å². The first kappa shape index (κ1) is 35.6. The molecule has 0 aromatic heterocycles. The van der Waals surface area contributed by atoms with Crippen LogP contribution in [0.25, 0.3) is 22.3 Å². The summed E-state index contributed by atoms with van der Waals surface area (Å²) in [4.78, 5) is 2.58. The summed E-state index contributed by atoms with van der Waals surface area (Å²) < 4.78 is 0. The number of rotatable bonds is 5. The molecule has 59 heavy (non-hydrogen) atoms. The van der Waals surface area contributed by atoms with Crippen LogP contribution in [0.2, 0.25) is 0 Å². The van der Waals surface area contributed by atoms with E-state index < -0.39 is 0 Å². The summed E-state index contributed by atoms with van der Waals surface area (Å²) in [5.74, 6) is 6.35. The van der Waals surface area contributed by atoms with E-state index in [0.717, 1.165) is 41.4 Å². The summed E-state index contributed by atoms with van der Waals surface area (Å²) in [5.41, 5.74) is 18.4. The average molecular weight is 774 g/mol. The molecule has 15 rings (SSSR count). The van der Waals surface area contributed by atoms with E-state index in [4.69, 9.17) is 0 Å². The Morgan fingerprint density at radius 3 is 1.58 bits per heavy atom. The van der Waals surface area contributed by atoms with Crippen LogP contribution in [0.3, 0.4) is 0 Å². The molecule has 0 amide bonds. The molecule has 5 aromatic carbocycles. The van der Waals surface area contributed by atoms with Gasteiger partial charge in [-0.1, -0.05) is 100 Å². The largest absolute Gasteiger partial charge is 0.310 e. The van der Waals surface area contributed by atoms with E-state index >= 15 is 0 Å². The van der Waals surface area contributed by atoms with Crippen LogP contribution in [0.4, 0.5) is 17.1 Å². The zero-order valence-electron chi connectivity index (χ0n) is 36.1. The van der Waals surface area contributed by atoms with Crippen molar-refractivity contribution in [2.45, 2.75) is 133 Å². The Bertz CT molecular complexity index is 2430. The molecule has 1 nitrogen and oxygen atoms in total. The van der Waals surface area contributed by atoms with Crippen molar-refractivity contribution in [2.24, 2.45) is 41.4 Å². The van der Waals surface area contributed by atoms with Gasteiger partial charge in [-0.2, -0.15) is 0 Å². The molecule has 0 atom stereocenters. The van der Waals surface area contributed by atoms with E-state index in [1.165, 1.54) is 134 Å². The van der Waals surface area contributed by atoms with Crippen molar-refractivity contribution in [3.8, 4) is 22.3 Å². The third-order valence-corrected chi connectivity index (χ3v) is 18.9. The SMILES string of the molecule is CC1(C)CCC(C)(C)c2cc(-c3ccc(N(c4ccc(C56CC7CC(CC(C7)C5)C6)cc4)c4ccc5c(c4)-c4ccccc4C54C5CC6CC(C5)CC4C6)cc3)ccc21. The van der Waals surface area contributed by atoms with Crippen molar-refractivity contribution >= 4 is 17.1 Å². The minimum Gasteiger partial charge on any atom is -0.310 e. The normalized spacial score (nSPS) is 34.5. The highest BCUT2D eigenvalue weighted by atomic mass is 15.1. The van der Waals surface area contributed by atoms with Gasteiger partial charge in [-0.15, -0.1) is 0 Å². The number of nitrogens with zero attached hydrogens (tertiary/aromatic N) is 1. The van der Waals surface area contributed by atoms with Crippen molar-refractivity contribution in [1.29, 1.82) is 0 Å². The molecule has 0 heterocycles. The van der Waals surface area contributed by atoms with Gasteiger partial charge in [0.15, 0.2) is 0 Å². The van der Waals surface area contributed by atoms with Crippen molar-refractivity contribution in [3.05, 3.63) is 137 Å². The molecule has 10 aliphatic rings. The lowest BCUT2D eigenvalue weighted by Gasteiger charge is -2.61. The highest BCUT2D eigenvalue weighted by molar-refractivity contribution is 5.87. The monoisotopic (exact) mass is 773 g/mol. The van der Waals surface area contributed by atoms with E-state index in [2.05, 4.69) is 142 Å². The fourth-order valence-electron chi connectivity index (χ4n) is 16.7. The van der Waals surface area contributed by atoms with Crippen LogP contribution in [-0.4, -0.2) is 0 Å². The first-order chi connectivity index (χ1) is 28.6. The van der Waals surface area contributed by atoms with Crippen LogP contribution < -0.4 is 4.90 Å². The maximum absolute atomic E-state index is 2.61. The third-order valence-electron chi connectivity index (χ3n) is 18.9. The summed E-state index contributed by atoms with van der Waals surface area (Å²) in [6, 6.07) is 44.3. The Morgan fingerprint density at radius 1 is 0.424 bits per heavy atom. The molecule has 0 radical (unpaired) electrons. The lowest BCUT2D eigenvalue weighted by atomic mass is 9.43. The predicted molar refractivity (Wildman–Crippen MR) is 245 cm³/mol. The molecule has 8 fully saturated rings. The van der Waals surface area contributed by atoms with Crippen LogP contribution >= 0.6 is 0 Å². The first-order valence-corrected chi connectivity index (χ1v) is 24.0. The van der Waals surface area contributed by atoms with E-state index in [9.17, 15) is 0 Å². The van der Waals surface area contributed by atoms with E-state index in [0.29, 0.717) is 5.41 Å². The minimum absolute atomic E-state index is 0.196. The molecule has 0 saturated heterocycles. The number of hydrogen-bond acceptors (Lipinski definition) is 1. The van der Waals surface area contributed by atoms with Gasteiger partial charge in [-0.05, 0) is 228 Å². The van der Waals surface area contributed by atoms with Gasteiger partial charge in [-0.3, -0.25) is 0 Å². The standard InChI is InChI=1S/C58H63N/c1-55(2)21-22-56(3,4)54-31-42(11-19-53(54)55)41-9-14-46(15-10-41)59(47-16-12-43(13-17-47)57-33-38-24-39(34-57)26-40(25-38)35-57)48-18-20-52-50(32-48)49-7-5-6-8-51(49)58(52)44-27-36-23-37(29-44)30-45(58)28-36/h5-20,31-32,36-40,44-45H,21-30,33-35H2,1-4H3. The molecular weight excluding hydrogens is 711 g/mol. The molecular formula is C58H63N. The van der Waals surface area contributed by atoms with Crippen molar-refractivity contribution in [3.63, 3.8) is 0 Å². The molecule has 0 unspecified atom stereocenters. The Morgan fingerprint density at radius 2 is 0.932 bits per heavy atom. The summed E-state index contributed by atoms with van der Waals surface area (Å²) in [6.07, 6.45) is 18.4. The zero-order valence-corrected chi connectivity index (χ0v) is 36.1. The third kappa shape index (κ3) is 5.09. The second kappa shape index (κ2) is 12.3. The van der Waals surface area contributed by atoms with Gasteiger partial charge < -0.3 is 4.90 Å². The molecule has 1 heteroatoms. The van der Waals surface area contributed by atoms with E-state index in [1.54, 1.807) is 16.7 Å². The van der Waals surface area contributed by atoms with Crippen LogP contribution in [-0.2, 0) is 21.7 Å². The zero-order chi connectivity index (χ0) is 39.5. The van der Waals surface area contributed by atoms with Gasteiger partial charge >= 0.3 is 0 Å². The van der Waals surface area contributed by atoms with E-state index in [-0.39, 0.29) is 16.2 Å². The topological polar surface area (TPSA) is 3.24 Å². The summed E-state index contributed by atoms with van der Waals surface area (Å²) >= 11 is 0. The summed E-state index contributed by atoms with van der Waals surface area (Å²) in [5, 5.41) is 0. The number of benzene rings is 5. The van der Waals surface area contributed by atoms with Gasteiger partial charge in [0.2, 0.25) is 0 Å². The van der Waals surface area contributed by atoms with Gasteiger partial charge in [0.25, 0.3) is 0 Å². The molecule has 0 aliphatic heterocycles. The Balaban J connectivity index is 0.918. The number of hydrogen-bond donors (Lipinski definition) is 0. The quantitative estimate of drug-likeness (QED) is 0.172. The fraction of sp³-hybridized carbons (Fsp3) is 0.483. The van der Waals surface area contributed by atoms with E-state index in [1.807, 2.05) is 0 Å². The molecule has 300 valence electrons. The smallest absolute Gasteiger partial charge is 0.0468 e. The maximum Gasteiger partial charge on any atom is 0.0468 e. The molecule has 8 bridgehead atoms. The lowest BCUT2D eigenvalue weighted by Crippen LogP contribution is -2.55. The van der Waals surface area contributed by atoms with Crippen molar-refractivity contribution < 1.29 is 0 Å². The summed E-state index contributed by atoms with van der Waals surface area (Å²) in [7, 11) is 0. The second-order valence-electron chi connectivity index (χ2n) is 23.1.